The van der Waals surface area contributed by atoms with E-state index in [4.69, 9.17) is 0 Å². The number of carbonyl (C=O) groups is 2. The highest BCUT2D eigenvalue weighted by Crippen LogP contribution is 2.15. The summed E-state index contributed by atoms with van der Waals surface area (Å²) in [6, 6.07) is 9.62. The Labute approximate surface area is 154 Å². The van der Waals surface area contributed by atoms with Crippen molar-refractivity contribution in [3.05, 3.63) is 47.2 Å². The summed E-state index contributed by atoms with van der Waals surface area (Å²) in [6.45, 7) is 5.56. The van der Waals surface area contributed by atoms with Crippen LogP contribution in [-0.4, -0.2) is 24.9 Å². The summed E-state index contributed by atoms with van der Waals surface area (Å²) in [5.74, 6) is -0.716. The van der Waals surface area contributed by atoms with Crippen molar-refractivity contribution in [1.82, 2.24) is 16.0 Å². The van der Waals surface area contributed by atoms with Crippen molar-refractivity contribution in [2.45, 2.75) is 39.2 Å². The van der Waals surface area contributed by atoms with Gasteiger partial charge >= 0.3 is 0 Å². The quantitative estimate of drug-likeness (QED) is 0.538. The monoisotopic (exact) mass is 354 g/mol. The predicted molar refractivity (Wildman–Crippen MR) is 99.8 cm³/mol. The van der Waals surface area contributed by atoms with Gasteiger partial charge in [0.2, 0.25) is 5.91 Å². The van der Waals surface area contributed by atoms with Crippen molar-refractivity contribution in [2.24, 2.45) is 5.92 Å². The zero-order chi connectivity index (χ0) is 18.9. The number of carbonyl (C=O) groups excluding carboxylic acids is 2. The number of nitriles is 1. The number of piperidine rings is 1. The van der Waals surface area contributed by atoms with E-state index in [1.807, 2.05) is 37.3 Å². The van der Waals surface area contributed by atoms with Crippen LogP contribution in [0, 0.1) is 17.2 Å². The molecular weight excluding hydrogens is 328 g/mol. The number of aryl methyl sites for hydroxylation is 1. The Hall–Kier alpha value is -2.65. The average Bonchev–Trinajstić information content (AvgIpc) is 2.69. The normalized spacial score (nSPS) is 16.4. The molecular formula is C20H26N4O2. The number of benzene rings is 1. The molecule has 0 aliphatic carbocycles. The van der Waals surface area contributed by atoms with Gasteiger partial charge in [-0.05, 0) is 50.4 Å². The van der Waals surface area contributed by atoms with Crippen molar-refractivity contribution in [1.29, 1.82) is 5.26 Å². The third-order valence-corrected chi connectivity index (χ3v) is 4.67. The fourth-order valence-electron chi connectivity index (χ4n) is 2.89. The Kier molecular flexibility index (Phi) is 7.37. The molecule has 6 heteroatoms. The maximum absolute atomic E-state index is 12.3. The van der Waals surface area contributed by atoms with Crippen molar-refractivity contribution in [3.63, 3.8) is 0 Å². The SMILES string of the molecule is CCc1ccc(C(C)NC(=O)/C(C#N)=C\NC(=O)C2CCNCC2)cc1. The van der Waals surface area contributed by atoms with Gasteiger partial charge in [-0.3, -0.25) is 9.59 Å². The Morgan fingerprint density at radius 3 is 2.54 bits per heavy atom. The molecule has 1 heterocycles. The van der Waals surface area contributed by atoms with Gasteiger partial charge in [-0.2, -0.15) is 5.26 Å². The molecule has 6 nitrogen and oxygen atoms in total. The highest BCUT2D eigenvalue weighted by molar-refractivity contribution is 5.98. The number of hydrogen-bond acceptors (Lipinski definition) is 4. The van der Waals surface area contributed by atoms with Gasteiger partial charge in [0.1, 0.15) is 11.6 Å². The fraction of sp³-hybridized carbons (Fsp3) is 0.450. The number of nitrogens with zero attached hydrogens (tertiary/aromatic N) is 1. The highest BCUT2D eigenvalue weighted by Gasteiger charge is 2.21. The smallest absolute Gasteiger partial charge is 0.263 e. The van der Waals surface area contributed by atoms with Crippen LogP contribution in [0.25, 0.3) is 0 Å². The zero-order valence-electron chi connectivity index (χ0n) is 15.3. The second-order valence-corrected chi connectivity index (χ2v) is 6.49. The van der Waals surface area contributed by atoms with Crippen LogP contribution in [0.1, 0.15) is 43.9 Å². The molecule has 2 amide bonds. The van der Waals surface area contributed by atoms with Crippen LogP contribution in [0.15, 0.2) is 36.0 Å². The van der Waals surface area contributed by atoms with Crippen LogP contribution in [-0.2, 0) is 16.0 Å². The summed E-state index contributed by atoms with van der Waals surface area (Å²) in [5, 5.41) is 17.8. The van der Waals surface area contributed by atoms with Gasteiger partial charge in [0, 0.05) is 12.1 Å². The minimum Gasteiger partial charge on any atom is -0.345 e. The Morgan fingerprint density at radius 2 is 1.96 bits per heavy atom. The first-order valence-electron chi connectivity index (χ1n) is 9.06. The molecule has 3 N–H and O–H groups in total. The van der Waals surface area contributed by atoms with Gasteiger partial charge in [-0.1, -0.05) is 31.2 Å². The fourth-order valence-corrected chi connectivity index (χ4v) is 2.89. The van der Waals surface area contributed by atoms with Crippen LogP contribution >= 0.6 is 0 Å². The van der Waals surface area contributed by atoms with Gasteiger partial charge in [-0.15, -0.1) is 0 Å². The van der Waals surface area contributed by atoms with Gasteiger partial charge in [0.25, 0.3) is 5.91 Å². The first kappa shape index (κ1) is 19.7. The largest absolute Gasteiger partial charge is 0.345 e. The molecule has 1 aliphatic heterocycles. The lowest BCUT2D eigenvalue weighted by Crippen LogP contribution is -2.37. The lowest BCUT2D eigenvalue weighted by atomic mass is 9.97. The van der Waals surface area contributed by atoms with Crippen molar-refractivity contribution >= 4 is 11.8 Å². The van der Waals surface area contributed by atoms with Gasteiger partial charge in [0.05, 0.1) is 6.04 Å². The third-order valence-electron chi connectivity index (χ3n) is 4.67. The number of nitrogens with one attached hydrogen (secondary N) is 3. The summed E-state index contributed by atoms with van der Waals surface area (Å²) in [4.78, 5) is 24.4. The molecule has 1 atom stereocenters. The molecule has 0 radical (unpaired) electrons. The highest BCUT2D eigenvalue weighted by atomic mass is 16.2. The summed E-state index contributed by atoms with van der Waals surface area (Å²) < 4.78 is 0. The minimum atomic E-state index is -0.495. The van der Waals surface area contributed by atoms with Crippen molar-refractivity contribution in [3.8, 4) is 6.07 Å². The number of rotatable bonds is 6. The molecule has 1 aromatic carbocycles. The Balaban J connectivity index is 1.94. The topological polar surface area (TPSA) is 94.0 Å². The van der Waals surface area contributed by atoms with E-state index < -0.39 is 5.91 Å². The average molecular weight is 354 g/mol. The van der Waals surface area contributed by atoms with E-state index in [0.29, 0.717) is 0 Å². The molecule has 1 aromatic rings. The summed E-state index contributed by atoms with van der Waals surface area (Å²) in [6.07, 6.45) is 3.70. The van der Waals surface area contributed by atoms with E-state index in [1.54, 1.807) is 0 Å². The van der Waals surface area contributed by atoms with E-state index in [9.17, 15) is 14.9 Å². The van der Waals surface area contributed by atoms with Crippen LogP contribution in [0.5, 0.6) is 0 Å². The molecule has 0 saturated carbocycles. The third kappa shape index (κ3) is 5.43. The Morgan fingerprint density at radius 1 is 1.31 bits per heavy atom. The molecule has 0 spiro atoms. The predicted octanol–water partition coefficient (Wildman–Crippen LogP) is 1.95. The van der Waals surface area contributed by atoms with E-state index in [-0.39, 0.29) is 23.4 Å². The van der Waals surface area contributed by atoms with Crippen LogP contribution in [0.2, 0.25) is 0 Å². The minimum absolute atomic E-state index is 0.0773. The molecule has 1 saturated heterocycles. The lowest BCUT2D eigenvalue weighted by Gasteiger charge is -2.21. The maximum atomic E-state index is 12.3. The number of amides is 2. The second kappa shape index (κ2) is 9.73. The Bertz CT molecular complexity index is 698. The molecule has 0 bridgehead atoms. The molecule has 2 rings (SSSR count). The van der Waals surface area contributed by atoms with Crippen molar-refractivity contribution < 1.29 is 9.59 Å². The first-order chi connectivity index (χ1) is 12.5. The van der Waals surface area contributed by atoms with Crippen LogP contribution in [0.4, 0.5) is 0 Å². The molecule has 1 fully saturated rings. The van der Waals surface area contributed by atoms with Gasteiger partial charge in [0.15, 0.2) is 0 Å². The van der Waals surface area contributed by atoms with E-state index in [2.05, 4.69) is 22.9 Å². The molecule has 1 unspecified atom stereocenters. The van der Waals surface area contributed by atoms with Crippen molar-refractivity contribution in [2.75, 3.05) is 13.1 Å². The molecule has 1 aliphatic rings. The lowest BCUT2D eigenvalue weighted by molar-refractivity contribution is -0.124. The standard InChI is InChI=1S/C20H26N4O2/c1-3-15-4-6-16(7-5-15)14(2)24-20(26)18(12-21)13-23-19(25)17-8-10-22-11-9-17/h4-7,13-14,17,22H,3,8-11H2,1-2H3,(H,23,25)(H,24,26)/b18-13-. The molecule has 0 aromatic heterocycles. The molecule has 26 heavy (non-hydrogen) atoms. The molecule has 138 valence electrons. The summed E-state index contributed by atoms with van der Waals surface area (Å²) >= 11 is 0. The summed E-state index contributed by atoms with van der Waals surface area (Å²) in [7, 11) is 0. The van der Waals surface area contributed by atoms with E-state index in [1.165, 1.54) is 11.8 Å². The van der Waals surface area contributed by atoms with Crippen LogP contribution in [0.3, 0.4) is 0 Å². The van der Waals surface area contributed by atoms with Crippen LogP contribution < -0.4 is 16.0 Å². The maximum Gasteiger partial charge on any atom is 0.263 e. The summed E-state index contributed by atoms with van der Waals surface area (Å²) in [5.41, 5.74) is 2.08. The first-order valence-corrected chi connectivity index (χ1v) is 9.06. The van der Waals surface area contributed by atoms with E-state index in [0.717, 1.165) is 37.9 Å². The van der Waals surface area contributed by atoms with Gasteiger partial charge in [-0.25, -0.2) is 0 Å². The van der Waals surface area contributed by atoms with E-state index >= 15 is 0 Å². The number of hydrogen-bond donors (Lipinski definition) is 3. The second-order valence-electron chi connectivity index (χ2n) is 6.49. The zero-order valence-corrected chi connectivity index (χ0v) is 15.3. The van der Waals surface area contributed by atoms with Gasteiger partial charge < -0.3 is 16.0 Å².